The minimum absolute atomic E-state index is 0.0649. The number of aromatic nitrogens is 1. The van der Waals surface area contributed by atoms with Crippen molar-refractivity contribution in [3.63, 3.8) is 0 Å². The van der Waals surface area contributed by atoms with Gasteiger partial charge in [0.1, 0.15) is 35.5 Å². The molecule has 3 heterocycles. The number of alkyl halides is 3. The Hall–Kier alpha value is -4.61. The van der Waals surface area contributed by atoms with E-state index in [1.807, 2.05) is 20.8 Å². The first-order valence-electron chi connectivity index (χ1n) is 19.4. The molecule has 2 aliphatic carbocycles. The lowest BCUT2D eigenvalue weighted by Crippen LogP contribution is -2.62. The summed E-state index contributed by atoms with van der Waals surface area (Å²) in [5.41, 5.74) is -1.69. The lowest BCUT2D eigenvalue weighted by atomic mass is 9.86. The highest BCUT2D eigenvalue weighted by molar-refractivity contribution is 7.91. The topological polar surface area (TPSA) is 185 Å². The van der Waals surface area contributed by atoms with Gasteiger partial charge in [0.2, 0.25) is 27.7 Å². The lowest BCUT2D eigenvalue weighted by molar-refractivity contribution is -0.184. The van der Waals surface area contributed by atoms with Gasteiger partial charge in [0, 0.05) is 23.9 Å². The van der Waals surface area contributed by atoms with E-state index < -0.39 is 86.9 Å². The summed E-state index contributed by atoms with van der Waals surface area (Å²) in [6, 6.07) is 1.12. The van der Waals surface area contributed by atoms with Crippen LogP contribution in [0.25, 0.3) is 10.8 Å². The summed E-state index contributed by atoms with van der Waals surface area (Å²) in [6.45, 7) is 7.48. The van der Waals surface area contributed by atoms with Crippen LogP contribution in [0, 0.1) is 17.8 Å². The van der Waals surface area contributed by atoms with Crippen LogP contribution in [-0.4, -0.2) is 106 Å². The van der Waals surface area contributed by atoms with Gasteiger partial charge in [0.05, 0.1) is 17.9 Å². The van der Waals surface area contributed by atoms with Crippen LogP contribution >= 0.6 is 0 Å². The molecule has 4 amide bonds. The fourth-order valence-corrected chi connectivity index (χ4v) is 9.44. The Morgan fingerprint density at radius 2 is 1.82 bits per heavy atom. The zero-order valence-electron chi connectivity index (χ0n) is 32.5. The summed E-state index contributed by atoms with van der Waals surface area (Å²) >= 11 is 0. The summed E-state index contributed by atoms with van der Waals surface area (Å²) < 4.78 is 82.9. The predicted molar refractivity (Wildman–Crippen MR) is 202 cm³/mol. The number of carboxylic acid groups (broad SMARTS) is 1. The van der Waals surface area contributed by atoms with E-state index in [-0.39, 0.29) is 48.6 Å². The van der Waals surface area contributed by atoms with E-state index in [2.05, 4.69) is 15.0 Å². The van der Waals surface area contributed by atoms with Crippen molar-refractivity contribution < 1.29 is 55.3 Å². The predicted octanol–water partition coefficient (Wildman–Crippen LogP) is 5.17. The highest BCUT2D eigenvalue weighted by Gasteiger charge is 2.62. The molecule has 18 heteroatoms. The smallest absolute Gasteiger partial charge is 0.408 e. The van der Waals surface area contributed by atoms with E-state index >= 15 is 0 Å². The number of amides is 4. The van der Waals surface area contributed by atoms with Gasteiger partial charge in [-0.05, 0) is 101 Å². The van der Waals surface area contributed by atoms with Crippen LogP contribution < -0.4 is 19.5 Å². The van der Waals surface area contributed by atoms with Crippen LogP contribution in [0.1, 0.15) is 79.6 Å². The number of hydrogen-bond donors (Lipinski definition) is 3. The molecule has 4 aliphatic rings. The maximum Gasteiger partial charge on any atom is 0.408 e. The van der Waals surface area contributed by atoms with Gasteiger partial charge in [-0.3, -0.25) is 24.0 Å². The van der Waals surface area contributed by atoms with Gasteiger partial charge in [0.25, 0.3) is 5.91 Å². The molecule has 0 bridgehead atoms. The molecule has 3 fully saturated rings. The Balaban J connectivity index is 1.39. The van der Waals surface area contributed by atoms with E-state index in [1.54, 1.807) is 36.4 Å². The third-order valence-electron chi connectivity index (χ3n) is 11.3. The van der Waals surface area contributed by atoms with Crippen LogP contribution in [-0.2, 0) is 24.4 Å². The average Bonchev–Trinajstić information content (AvgIpc) is 4.04. The summed E-state index contributed by atoms with van der Waals surface area (Å²) in [6.07, 6.45) is -1.17. The second-order valence-corrected chi connectivity index (χ2v) is 18.2. The van der Waals surface area contributed by atoms with Crippen molar-refractivity contribution in [2.24, 2.45) is 17.8 Å². The molecule has 2 saturated carbocycles. The maximum absolute atomic E-state index is 14.8. The second kappa shape index (κ2) is 16.0. The molecule has 3 N–H and O–H groups in total. The Labute approximate surface area is 329 Å². The van der Waals surface area contributed by atoms with Crippen molar-refractivity contribution in [2.45, 2.75) is 127 Å². The molecule has 2 aliphatic heterocycles. The van der Waals surface area contributed by atoms with E-state index in [4.69, 9.17) is 9.47 Å². The first kappa shape index (κ1) is 42.0. The van der Waals surface area contributed by atoms with Crippen LogP contribution in [0.5, 0.6) is 11.6 Å². The molecular weight excluding hydrogens is 772 g/mol. The minimum atomic E-state index is -5.03. The number of ether oxygens (including phenoxy) is 2. The fraction of sp³-hybridized carbons (Fsp3) is 0.615. The van der Waals surface area contributed by atoms with E-state index in [1.165, 1.54) is 13.1 Å². The molecule has 1 aromatic carbocycles. The minimum Gasteiger partial charge on any atom is -0.491 e. The number of rotatable bonds is 9. The quantitative estimate of drug-likeness (QED) is 0.286. The highest BCUT2D eigenvalue weighted by Crippen LogP contribution is 2.46. The van der Waals surface area contributed by atoms with Crippen LogP contribution in [0.15, 0.2) is 42.6 Å². The molecule has 8 atom stereocenters. The zero-order chi connectivity index (χ0) is 41.6. The molecule has 0 radical (unpaired) electrons. The van der Waals surface area contributed by atoms with Crippen molar-refractivity contribution in [3.05, 3.63) is 42.6 Å². The molecule has 0 unspecified atom stereocenters. The second-order valence-electron chi connectivity index (χ2n) is 16.3. The van der Waals surface area contributed by atoms with Crippen molar-refractivity contribution in [3.8, 4) is 11.6 Å². The Morgan fingerprint density at radius 1 is 1.11 bits per heavy atom. The van der Waals surface area contributed by atoms with Gasteiger partial charge in [-0.2, -0.15) is 13.2 Å². The number of allylic oxidation sites excluding steroid dienone is 1. The number of carbonyl (C=O) groups excluding carboxylic acids is 3. The van der Waals surface area contributed by atoms with E-state index in [0.717, 1.165) is 4.90 Å². The maximum atomic E-state index is 14.8. The number of pyridine rings is 1. The van der Waals surface area contributed by atoms with Gasteiger partial charge in [0.15, 0.2) is 0 Å². The summed E-state index contributed by atoms with van der Waals surface area (Å²) in [5, 5.41) is 13.6. The molecule has 1 aromatic heterocycles. The summed E-state index contributed by atoms with van der Waals surface area (Å²) in [5.74, 6) is -3.76. The third-order valence-corrected chi connectivity index (χ3v) is 13.2. The molecule has 57 heavy (non-hydrogen) atoms. The van der Waals surface area contributed by atoms with Gasteiger partial charge in [-0.25, -0.2) is 18.2 Å². The highest BCUT2D eigenvalue weighted by atomic mass is 32.2. The number of fused-ring (bicyclic) bond motifs is 3. The first-order chi connectivity index (χ1) is 26.7. The number of hydrogen-bond acceptors (Lipinski definition) is 9. The lowest BCUT2D eigenvalue weighted by Gasteiger charge is -2.40. The Bertz CT molecular complexity index is 2030. The average molecular weight is 822 g/mol. The molecule has 14 nitrogen and oxygen atoms in total. The number of nitrogens with zero attached hydrogens (tertiary/aromatic N) is 3. The fourth-order valence-electron chi connectivity index (χ4n) is 8.08. The van der Waals surface area contributed by atoms with Crippen molar-refractivity contribution in [1.29, 1.82) is 0 Å². The SMILES string of the molecule is CC(C)Oc1ccc2c(O[C@@H]3C[C@H]4C(=O)N[C@]5(C(=O)NS(=O)(=O)C6CC6)C[C@H]5C=CCC[C@H](C)C[C@@H](C)[C@H](N(C(=O)O)[C@H](C)C(F)(F)F)C(=O)N4C3)nccc2c1. The summed E-state index contributed by atoms with van der Waals surface area (Å²) in [7, 11) is -4.01. The summed E-state index contributed by atoms with van der Waals surface area (Å²) in [4.78, 5) is 61.3. The first-order valence-corrected chi connectivity index (χ1v) is 20.9. The van der Waals surface area contributed by atoms with E-state index in [9.17, 15) is 45.9 Å². The normalized spacial score (nSPS) is 29.0. The largest absolute Gasteiger partial charge is 0.491 e. The number of halogens is 3. The van der Waals surface area contributed by atoms with Crippen molar-refractivity contribution in [1.82, 2.24) is 24.8 Å². The Morgan fingerprint density at radius 3 is 2.47 bits per heavy atom. The standard InChI is InChI=1S/C39H50F3N5O9S/c1-21(2)55-27-10-13-30-25(17-27)14-15-43-34(30)56-28-18-31-33(48)44-38(36(50)45-57(53,54)29-11-12-29)19-26(38)9-7-6-8-22(3)16-23(4)32(35(49)46(31)20-28)47(37(51)52)24(5)39(40,41)42/h7,9-10,13-15,17,21-24,26,28-29,31-32H,6,8,11-12,16,18-20H2,1-5H3,(H,44,48)(H,45,50)(H,51,52)/t22-,23+,24+,26+,28+,31-,32-,38+/m0/s1. The zero-order valence-corrected chi connectivity index (χ0v) is 33.3. The van der Waals surface area contributed by atoms with Crippen LogP contribution in [0.3, 0.4) is 0 Å². The van der Waals surface area contributed by atoms with Crippen molar-refractivity contribution >= 4 is 44.6 Å². The molecule has 2 aromatic rings. The number of carbonyl (C=O) groups is 4. The van der Waals surface area contributed by atoms with Gasteiger partial charge in [-0.15, -0.1) is 0 Å². The van der Waals surface area contributed by atoms with Crippen molar-refractivity contribution in [2.75, 3.05) is 6.54 Å². The molecular formula is C39H50F3N5O9S. The number of sulfonamides is 1. The molecule has 312 valence electrons. The Kier molecular flexibility index (Phi) is 11.8. The molecule has 0 spiro atoms. The van der Waals surface area contributed by atoms with Crippen LogP contribution in [0.4, 0.5) is 18.0 Å². The van der Waals surface area contributed by atoms with Gasteiger partial charge < -0.3 is 24.8 Å². The molecule has 6 rings (SSSR count). The number of nitrogens with one attached hydrogen (secondary N) is 2. The van der Waals surface area contributed by atoms with Gasteiger partial charge in [-0.1, -0.05) is 26.0 Å². The number of benzene rings is 1. The van der Waals surface area contributed by atoms with Crippen LogP contribution in [0.2, 0.25) is 0 Å². The van der Waals surface area contributed by atoms with Gasteiger partial charge >= 0.3 is 12.3 Å². The third kappa shape index (κ3) is 9.10. The monoisotopic (exact) mass is 821 g/mol. The van der Waals surface area contributed by atoms with E-state index in [0.29, 0.717) is 49.1 Å². The molecule has 1 saturated heterocycles.